The molecule has 0 unspecified atom stereocenters. The van der Waals surface area contributed by atoms with Gasteiger partial charge in [-0.3, -0.25) is 9.89 Å². The molecule has 0 aromatic carbocycles. The molecule has 0 radical (unpaired) electrons. The fourth-order valence-corrected chi connectivity index (χ4v) is 3.80. The van der Waals surface area contributed by atoms with Crippen LogP contribution < -0.4 is 0 Å². The summed E-state index contributed by atoms with van der Waals surface area (Å²) in [6.45, 7) is 12.6. The molecule has 23 heavy (non-hydrogen) atoms. The minimum atomic E-state index is -0.0200. The van der Waals surface area contributed by atoms with Crippen LogP contribution in [0, 0.1) is 11.3 Å². The predicted octanol–water partition coefficient (Wildman–Crippen LogP) is 3.33. The summed E-state index contributed by atoms with van der Waals surface area (Å²) in [6.07, 6.45) is 3.01. The third-order valence-corrected chi connectivity index (χ3v) is 6.02. The number of hydrogen-bond acceptors (Lipinski definition) is 3. The molecule has 1 amide bonds. The molecule has 128 valence electrons. The number of carbonyl (C=O) groups excluding carboxylic acids is 1. The summed E-state index contributed by atoms with van der Waals surface area (Å²) in [5.41, 5.74) is 2.97. The van der Waals surface area contributed by atoms with E-state index in [1.165, 1.54) is 0 Å². The molecule has 3 heterocycles. The van der Waals surface area contributed by atoms with Gasteiger partial charge in [-0.05, 0) is 38.0 Å². The molecule has 1 fully saturated rings. The Kier molecular flexibility index (Phi) is 4.25. The average molecular weight is 319 g/mol. The van der Waals surface area contributed by atoms with E-state index >= 15 is 0 Å². The van der Waals surface area contributed by atoms with Gasteiger partial charge < -0.3 is 9.64 Å². The topological polar surface area (TPSA) is 58.2 Å². The van der Waals surface area contributed by atoms with Gasteiger partial charge in [0.25, 0.3) is 5.91 Å². The number of aromatic nitrogens is 2. The van der Waals surface area contributed by atoms with E-state index in [4.69, 9.17) is 4.74 Å². The second-order valence-corrected chi connectivity index (χ2v) is 7.86. The first-order valence-electron chi connectivity index (χ1n) is 8.83. The summed E-state index contributed by atoms with van der Waals surface area (Å²) in [6, 6.07) is 0. The summed E-state index contributed by atoms with van der Waals surface area (Å²) < 4.78 is 5.81. The monoisotopic (exact) mass is 319 g/mol. The third kappa shape index (κ3) is 2.91. The van der Waals surface area contributed by atoms with E-state index in [1.807, 2.05) is 11.8 Å². The van der Waals surface area contributed by atoms with Crippen LogP contribution in [0.3, 0.4) is 0 Å². The quantitative estimate of drug-likeness (QED) is 0.909. The smallest absolute Gasteiger partial charge is 0.274 e. The van der Waals surface area contributed by atoms with Crippen molar-refractivity contribution in [1.29, 1.82) is 0 Å². The van der Waals surface area contributed by atoms with Crippen molar-refractivity contribution >= 4 is 5.91 Å². The first-order chi connectivity index (χ1) is 10.8. The Morgan fingerprint density at radius 3 is 2.61 bits per heavy atom. The third-order valence-electron chi connectivity index (χ3n) is 6.02. The number of fused-ring (bicyclic) bond motifs is 1. The molecule has 0 saturated carbocycles. The highest BCUT2D eigenvalue weighted by atomic mass is 16.5. The molecule has 0 bridgehead atoms. The van der Waals surface area contributed by atoms with Gasteiger partial charge in [0, 0.05) is 25.1 Å². The number of rotatable bonds is 2. The van der Waals surface area contributed by atoms with Crippen molar-refractivity contribution < 1.29 is 9.53 Å². The highest BCUT2D eigenvalue weighted by molar-refractivity contribution is 5.94. The van der Waals surface area contributed by atoms with Gasteiger partial charge in [0.15, 0.2) is 5.69 Å². The minimum Gasteiger partial charge on any atom is -0.369 e. The normalized spacial score (nSPS) is 27.1. The molecule has 2 aliphatic rings. The summed E-state index contributed by atoms with van der Waals surface area (Å²) in [5.74, 6) is 0.728. The first-order valence-corrected chi connectivity index (χ1v) is 8.83. The number of aromatic amines is 1. The Labute approximate surface area is 138 Å². The average Bonchev–Trinajstić information content (AvgIpc) is 2.91. The molecule has 1 saturated heterocycles. The van der Waals surface area contributed by atoms with Gasteiger partial charge in [0.2, 0.25) is 0 Å². The molecule has 3 rings (SSSR count). The molecule has 0 aliphatic carbocycles. The molecule has 2 atom stereocenters. The molecule has 1 N–H and O–H groups in total. The van der Waals surface area contributed by atoms with Crippen LogP contribution in [0.15, 0.2) is 0 Å². The Hall–Kier alpha value is -1.36. The summed E-state index contributed by atoms with van der Waals surface area (Å²) in [7, 11) is 0. The lowest BCUT2D eigenvalue weighted by Gasteiger charge is -2.42. The van der Waals surface area contributed by atoms with Crippen molar-refractivity contribution in [2.45, 2.75) is 66.1 Å². The standard InChI is InChI=1S/C18H29N3O2/c1-11(2)18(5)6-8-21(9-7-18)17(22)16-14-10-12(3)23-13(4)15(14)19-20-16/h11-13H,6-10H2,1-5H3,(H,19,20)/t12-,13+/m0/s1. The van der Waals surface area contributed by atoms with E-state index in [1.54, 1.807) is 0 Å². The molecule has 1 aromatic heterocycles. The highest BCUT2D eigenvalue weighted by Crippen LogP contribution is 2.38. The number of nitrogens with one attached hydrogen (secondary N) is 1. The Balaban J connectivity index is 1.76. The second kappa shape index (κ2) is 5.93. The Morgan fingerprint density at radius 2 is 2.00 bits per heavy atom. The van der Waals surface area contributed by atoms with Crippen molar-refractivity contribution in [3.05, 3.63) is 17.0 Å². The molecule has 0 spiro atoms. The zero-order valence-electron chi connectivity index (χ0n) is 15.0. The van der Waals surface area contributed by atoms with Gasteiger partial charge in [-0.2, -0.15) is 5.10 Å². The van der Waals surface area contributed by atoms with Crippen LogP contribution in [0.25, 0.3) is 0 Å². The minimum absolute atomic E-state index is 0.0200. The first kappa shape index (κ1) is 16.5. The van der Waals surface area contributed by atoms with Crippen molar-refractivity contribution in [2.24, 2.45) is 11.3 Å². The van der Waals surface area contributed by atoms with Crippen LogP contribution in [-0.2, 0) is 11.2 Å². The van der Waals surface area contributed by atoms with E-state index < -0.39 is 0 Å². The number of carbonyl (C=O) groups is 1. The Morgan fingerprint density at radius 1 is 1.35 bits per heavy atom. The fourth-order valence-electron chi connectivity index (χ4n) is 3.80. The molecular weight excluding hydrogens is 290 g/mol. The Bertz CT molecular complexity index is 585. The lowest BCUT2D eigenvalue weighted by molar-refractivity contribution is -0.00706. The lowest BCUT2D eigenvalue weighted by atomic mass is 9.72. The number of piperidine rings is 1. The van der Waals surface area contributed by atoms with E-state index in [0.29, 0.717) is 17.0 Å². The maximum Gasteiger partial charge on any atom is 0.274 e. The van der Waals surface area contributed by atoms with E-state index in [0.717, 1.165) is 43.6 Å². The van der Waals surface area contributed by atoms with Crippen LogP contribution in [0.1, 0.15) is 75.3 Å². The zero-order valence-corrected chi connectivity index (χ0v) is 15.0. The summed E-state index contributed by atoms with van der Waals surface area (Å²) >= 11 is 0. The number of likely N-dealkylation sites (tertiary alicyclic amines) is 1. The largest absolute Gasteiger partial charge is 0.369 e. The van der Waals surface area contributed by atoms with Crippen LogP contribution in [0.5, 0.6) is 0 Å². The van der Waals surface area contributed by atoms with Crippen molar-refractivity contribution in [2.75, 3.05) is 13.1 Å². The van der Waals surface area contributed by atoms with Crippen molar-refractivity contribution in [3.63, 3.8) is 0 Å². The highest BCUT2D eigenvalue weighted by Gasteiger charge is 2.37. The van der Waals surface area contributed by atoms with Gasteiger partial charge >= 0.3 is 0 Å². The number of nitrogens with zero attached hydrogens (tertiary/aromatic N) is 2. The van der Waals surface area contributed by atoms with Gasteiger partial charge in [-0.1, -0.05) is 20.8 Å². The molecule has 1 aromatic rings. The van der Waals surface area contributed by atoms with Gasteiger partial charge in [0.1, 0.15) is 0 Å². The second-order valence-electron chi connectivity index (χ2n) is 7.86. The van der Waals surface area contributed by atoms with Crippen LogP contribution in [-0.4, -0.2) is 40.2 Å². The summed E-state index contributed by atoms with van der Waals surface area (Å²) in [5, 5.41) is 7.36. The summed E-state index contributed by atoms with van der Waals surface area (Å²) in [4.78, 5) is 14.9. The number of ether oxygens (including phenoxy) is 1. The van der Waals surface area contributed by atoms with Crippen LogP contribution >= 0.6 is 0 Å². The molecule has 5 heteroatoms. The lowest BCUT2D eigenvalue weighted by Crippen LogP contribution is -2.44. The van der Waals surface area contributed by atoms with Gasteiger partial charge in [-0.15, -0.1) is 0 Å². The molecular formula is C18H29N3O2. The van der Waals surface area contributed by atoms with Gasteiger partial charge in [0.05, 0.1) is 17.9 Å². The predicted molar refractivity (Wildman–Crippen MR) is 89.3 cm³/mol. The van der Waals surface area contributed by atoms with E-state index in [9.17, 15) is 4.79 Å². The van der Waals surface area contributed by atoms with Crippen molar-refractivity contribution in [1.82, 2.24) is 15.1 Å². The maximum atomic E-state index is 12.9. The SMILES string of the molecule is CC(C)C1(C)CCN(C(=O)c2n[nH]c3c2C[C@H](C)O[C@@H]3C)CC1. The maximum absolute atomic E-state index is 12.9. The molecule has 2 aliphatic heterocycles. The number of H-pyrrole nitrogens is 1. The van der Waals surface area contributed by atoms with E-state index in [2.05, 4.69) is 37.9 Å². The number of amides is 1. The zero-order chi connectivity index (χ0) is 16.8. The number of hydrogen-bond donors (Lipinski definition) is 1. The van der Waals surface area contributed by atoms with Crippen molar-refractivity contribution in [3.8, 4) is 0 Å². The van der Waals surface area contributed by atoms with E-state index in [-0.39, 0.29) is 18.1 Å². The van der Waals surface area contributed by atoms with Crippen LogP contribution in [0.2, 0.25) is 0 Å². The molecule has 5 nitrogen and oxygen atoms in total. The van der Waals surface area contributed by atoms with Gasteiger partial charge in [-0.25, -0.2) is 0 Å². The van der Waals surface area contributed by atoms with Crippen LogP contribution in [0.4, 0.5) is 0 Å². The fraction of sp³-hybridized carbons (Fsp3) is 0.778.